The van der Waals surface area contributed by atoms with E-state index in [1.165, 1.54) is 24.3 Å². The van der Waals surface area contributed by atoms with Gasteiger partial charge in [-0.1, -0.05) is 12.1 Å². The molecule has 1 N–H and O–H groups in total. The van der Waals surface area contributed by atoms with Crippen molar-refractivity contribution in [2.24, 2.45) is 0 Å². The summed E-state index contributed by atoms with van der Waals surface area (Å²) in [5, 5.41) is 9.62. The standard InChI is InChI=1S/C16H11FO3/c1-9-13(18)7-6-12-15(19)14(20-16(9)12)8-10-2-4-11(17)5-3-10/h2-8,18H,1H3. The van der Waals surface area contributed by atoms with E-state index in [1.54, 1.807) is 25.1 Å². The topological polar surface area (TPSA) is 46.5 Å². The molecule has 0 spiro atoms. The molecule has 2 aromatic carbocycles. The van der Waals surface area contributed by atoms with E-state index in [-0.39, 0.29) is 23.1 Å². The lowest BCUT2D eigenvalue weighted by atomic mass is 10.1. The highest BCUT2D eigenvalue weighted by Gasteiger charge is 2.29. The molecule has 0 aliphatic carbocycles. The Morgan fingerprint density at radius 1 is 1.15 bits per heavy atom. The number of carbonyl (C=O) groups excluding carboxylic acids is 1. The molecule has 3 rings (SSSR count). The van der Waals surface area contributed by atoms with Crippen molar-refractivity contribution in [3.8, 4) is 11.5 Å². The van der Waals surface area contributed by atoms with Crippen LogP contribution in [0.25, 0.3) is 6.08 Å². The van der Waals surface area contributed by atoms with Gasteiger partial charge in [0.05, 0.1) is 5.56 Å². The van der Waals surface area contributed by atoms with E-state index >= 15 is 0 Å². The van der Waals surface area contributed by atoms with Crippen LogP contribution in [0.5, 0.6) is 11.5 Å². The number of aromatic hydroxyl groups is 1. The Labute approximate surface area is 114 Å². The Hall–Kier alpha value is -2.62. The smallest absolute Gasteiger partial charge is 0.231 e. The predicted molar refractivity (Wildman–Crippen MR) is 72.2 cm³/mol. The molecule has 0 radical (unpaired) electrons. The van der Waals surface area contributed by atoms with E-state index in [9.17, 15) is 14.3 Å². The van der Waals surface area contributed by atoms with Crippen molar-refractivity contribution in [2.45, 2.75) is 6.92 Å². The summed E-state index contributed by atoms with van der Waals surface area (Å²) in [4.78, 5) is 12.2. The first-order chi connectivity index (χ1) is 9.56. The molecule has 3 nitrogen and oxygen atoms in total. The molecule has 0 saturated heterocycles. The van der Waals surface area contributed by atoms with Gasteiger partial charge in [-0.2, -0.15) is 0 Å². The molecule has 0 amide bonds. The van der Waals surface area contributed by atoms with Crippen LogP contribution in [0.15, 0.2) is 42.2 Å². The fourth-order valence-corrected chi connectivity index (χ4v) is 2.09. The number of phenolic OH excluding ortho intramolecular Hbond substituents is 1. The van der Waals surface area contributed by atoms with E-state index in [2.05, 4.69) is 0 Å². The zero-order valence-corrected chi connectivity index (χ0v) is 10.7. The van der Waals surface area contributed by atoms with Gasteiger partial charge in [0.1, 0.15) is 17.3 Å². The highest BCUT2D eigenvalue weighted by molar-refractivity contribution is 6.14. The zero-order chi connectivity index (χ0) is 14.3. The average Bonchev–Trinajstić information content (AvgIpc) is 2.75. The number of allylic oxidation sites excluding steroid dienone is 1. The fraction of sp³-hybridized carbons (Fsp3) is 0.0625. The van der Waals surface area contributed by atoms with Crippen molar-refractivity contribution in [2.75, 3.05) is 0 Å². The first-order valence-corrected chi connectivity index (χ1v) is 6.08. The third kappa shape index (κ3) is 1.95. The van der Waals surface area contributed by atoms with Gasteiger partial charge in [0.2, 0.25) is 5.78 Å². The molecular weight excluding hydrogens is 259 g/mol. The lowest BCUT2D eigenvalue weighted by Crippen LogP contribution is -1.97. The number of ketones is 1. The highest BCUT2D eigenvalue weighted by atomic mass is 19.1. The number of ether oxygens (including phenoxy) is 1. The van der Waals surface area contributed by atoms with Crippen molar-refractivity contribution < 1.29 is 19.0 Å². The number of fused-ring (bicyclic) bond motifs is 1. The van der Waals surface area contributed by atoms with Gasteiger partial charge in [-0.25, -0.2) is 4.39 Å². The van der Waals surface area contributed by atoms with Crippen LogP contribution in [0, 0.1) is 12.7 Å². The Kier molecular flexibility index (Phi) is 2.79. The maximum atomic E-state index is 12.8. The van der Waals surface area contributed by atoms with E-state index in [4.69, 9.17) is 4.74 Å². The maximum absolute atomic E-state index is 12.8. The molecule has 0 unspecified atom stereocenters. The highest BCUT2D eigenvalue weighted by Crippen LogP contribution is 2.38. The van der Waals surface area contributed by atoms with Crippen LogP contribution in [0.4, 0.5) is 4.39 Å². The molecule has 0 saturated carbocycles. The molecule has 2 aromatic rings. The van der Waals surface area contributed by atoms with Crippen LogP contribution in [0.1, 0.15) is 21.5 Å². The Morgan fingerprint density at radius 2 is 1.85 bits per heavy atom. The van der Waals surface area contributed by atoms with E-state index in [0.29, 0.717) is 22.4 Å². The lowest BCUT2D eigenvalue weighted by Gasteiger charge is -2.03. The molecule has 1 aliphatic rings. The molecular formula is C16H11FO3. The van der Waals surface area contributed by atoms with Gasteiger partial charge < -0.3 is 9.84 Å². The normalized spacial score (nSPS) is 15.3. The quantitative estimate of drug-likeness (QED) is 0.807. The van der Waals surface area contributed by atoms with Crippen molar-refractivity contribution in [1.82, 2.24) is 0 Å². The summed E-state index contributed by atoms with van der Waals surface area (Å²) >= 11 is 0. The predicted octanol–water partition coefficient (Wildman–Crippen LogP) is 3.46. The van der Waals surface area contributed by atoms with Crippen LogP contribution in [0.2, 0.25) is 0 Å². The zero-order valence-electron chi connectivity index (χ0n) is 10.7. The molecule has 100 valence electrons. The van der Waals surface area contributed by atoms with Gasteiger partial charge in [0.15, 0.2) is 5.76 Å². The SMILES string of the molecule is Cc1c(O)ccc2c1OC(=Cc1ccc(F)cc1)C2=O. The molecule has 0 atom stereocenters. The van der Waals surface area contributed by atoms with Crippen LogP contribution < -0.4 is 4.74 Å². The maximum Gasteiger partial charge on any atom is 0.231 e. The number of rotatable bonds is 1. The molecule has 0 fully saturated rings. The largest absolute Gasteiger partial charge is 0.508 e. The van der Waals surface area contributed by atoms with Crippen LogP contribution in [0.3, 0.4) is 0 Å². The number of carbonyl (C=O) groups is 1. The van der Waals surface area contributed by atoms with E-state index < -0.39 is 0 Å². The summed E-state index contributed by atoms with van der Waals surface area (Å²) < 4.78 is 18.4. The Balaban J connectivity index is 2.01. The number of Topliss-reactive ketones (excluding diaryl/α,β-unsaturated/α-hetero) is 1. The first kappa shape index (κ1) is 12.4. The monoisotopic (exact) mass is 270 g/mol. The third-order valence-electron chi connectivity index (χ3n) is 3.23. The Morgan fingerprint density at radius 3 is 2.55 bits per heavy atom. The van der Waals surface area contributed by atoms with Gasteiger partial charge in [0, 0.05) is 5.56 Å². The number of hydrogen-bond donors (Lipinski definition) is 1. The second-order valence-corrected chi connectivity index (χ2v) is 4.58. The van der Waals surface area contributed by atoms with E-state index in [0.717, 1.165) is 0 Å². The van der Waals surface area contributed by atoms with Crippen LogP contribution in [-0.4, -0.2) is 10.9 Å². The molecule has 1 heterocycles. The fourth-order valence-electron chi connectivity index (χ4n) is 2.09. The third-order valence-corrected chi connectivity index (χ3v) is 3.23. The van der Waals surface area contributed by atoms with Gasteiger partial charge in [-0.15, -0.1) is 0 Å². The average molecular weight is 270 g/mol. The van der Waals surface area contributed by atoms with Crippen molar-refractivity contribution in [1.29, 1.82) is 0 Å². The van der Waals surface area contributed by atoms with Gasteiger partial charge >= 0.3 is 0 Å². The van der Waals surface area contributed by atoms with Crippen LogP contribution in [-0.2, 0) is 0 Å². The summed E-state index contributed by atoms with van der Waals surface area (Å²) in [6.45, 7) is 1.68. The summed E-state index contributed by atoms with van der Waals surface area (Å²) in [5.41, 5.74) is 1.62. The number of phenols is 1. The molecule has 4 heteroatoms. The lowest BCUT2D eigenvalue weighted by molar-refractivity contribution is 0.101. The second-order valence-electron chi connectivity index (χ2n) is 4.58. The minimum atomic E-state index is -0.338. The summed E-state index contributed by atoms with van der Waals surface area (Å²) in [5.74, 6) is 0.0468. The number of benzene rings is 2. The molecule has 1 aliphatic heterocycles. The second kappa shape index (κ2) is 4.49. The Bertz CT molecular complexity index is 730. The summed E-state index contributed by atoms with van der Waals surface area (Å²) in [7, 11) is 0. The van der Waals surface area contributed by atoms with Crippen LogP contribution >= 0.6 is 0 Å². The molecule has 0 bridgehead atoms. The number of hydrogen-bond acceptors (Lipinski definition) is 3. The summed E-state index contributed by atoms with van der Waals surface area (Å²) in [6.07, 6.45) is 1.55. The van der Waals surface area contributed by atoms with Gasteiger partial charge in [0.25, 0.3) is 0 Å². The molecule has 0 aromatic heterocycles. The van der Waals surface area contributed by atoms with Crippen molar-refractivity contribution in [3.05, 3.63) is 64.7 Å². The van der Waals surface area contributed by atoms with Gasteiger partial charge in [-0.3, -0.25) is 4.79 Å². The van der Waals surface area contributed by atoms with Crippen molar-refractivity contribution >= 4 is 11.9 Å². The minimum absolute atomic E-state index is 0.0829. The molecule has 20 heavy (non-hydrogen) atoms. The van der Waals surface area contributed by atoms with Crippen molar-refractivity contribution in [3.63, 3.8) is 0 Å². The minimum Gasteiger partial charge on any atom is -0.508 e. The van der Waals surface area contributed by atoms with Gasteiger partial charge in [-0.05, 0) is 42.8 Å². The van der Waals surface area contributed by atoms with E-state index in [1.807, 2.05) is 0 Å². The first-order valence-electron chi connectivity index (χ1n) is 6.08. The summed E-state index contributed by atoms with van der Waals surface area (Å²) in [6, 6.07) is 8.76. The number of halogens is 1.